The number of carboxylic acid groups (broad SMARTS) is 1. The number of amides is 2. The number of nitrogens with zero attached hydrogens (tertiary/aromatic N) is 1. The van der Waals surface area contributed by atoms with E-state index in [0.717, 1.165) is 22.3 Å². The summed E-state index contributed by atoms with van der Waals surface area (Å²) in [5.41, 5.74) is 4.43. The van der Waals surface area contributed by atoms with Crippen LogP contribution in [-0.2, 0) is 6.42 Å². The monoisotopic (exact) mass is 410 g/mol. The summed E-state index contributed by atoms with van der Waals surface area (Å²) in [6.45, 7) is 3.74. The van der Waals surface area contributed by atoms with Crippen molar-refractivity contribution < 1.29 is 24.2 Å². The zero-order valence-electron chi connectivity index (χ0n) is 17.8. The van der Waals surface area contributed by atoms with E-state index in [4.69, 9.17) is 9.47 Å². The van der Waals surface area contributed by atoms with Gasteiger partial charge in [-0.05, 0) is 60.7 Å². The van der Waals surface area contributed by atoms with Gasteiger partial charge in [0.15, 0.2) is 11.5 Å². The van der Waals surface area contributed by atoms with Crippen molar-refractivity contribution in [1.29, 1.82) is 0 Å². The van der Waals surface area contributed by atoms with Gasteiger partial charge < -0.3 is 19.9 Å². The number of carbonyl (C=O) groups excluding carboxylic acids is 1. The number of benzene rings is 2. The molecule has 2 aromatic rings. The number of nitrogens with one attached hydrogen (secondary N) is 1. The summed E-state index contributed by atoms with van der Waals surface area (Å²) in [7, 11) is 4.76. The number of aromatic carboxylic acids is 1. The van der Waals surface area contributed by atoms with E-state index in [-0.39, 0.29) is 17.6 Å². The minimum absolute atomic E-state index is 0.0984. The lowest BCUT2D eigenvalue weighted by Crippen LogP contribution is -2.40. The van der Waals surface area contributed by atoms with Gasteiger partial charge in [-0.25, -0.2) is 9.59 Å². The molecule has 0 bridgehead atoms. The fourth-order valence-corrected chi connectivity index (χ4v) is 3.78. The molecule has 0 saturated heterocycles. The third-order valence-electron chi connectivity index (χ3n) is 5.37. The highest BCUT2D eigenvalue weighted by Gasteiger charge is 2.27. The van der Waals surface area contributed by atoms with Crippen LogP contribution in [-0.4, -0.2) is 49.3 Å². The molecule has 0 aromatic heterocycles. The van der Waals surface area contributed by atoms with Crippen molar-refractivity contribution in [2.75, 3.05) is 21.3 Å². The first kappa shape index (κ1) is 21.2. The van der Waals surface area contributed by atoms with Crippen LogP contribution in [0.1, 0.15) is 39.5 Å². The first-order chi connectivity index (χ1) is 14.3. The Morgan fingerprint density at radius 1 is 1.13 bits per heavy atom. The lowest BCUT2D eigenvalue weighted by molar-refractivity contribution is 0.0696. The van der Waals surface area contributed by atoms with E-state index in [2.05, 4.69) is 5.32 Å². The average Bonchev–Trinajstić information content (AvgIpc) is 2.87. The fraction of sp³-hybridized carbons (Fsp3) is 0.304. The van der Waals surface area contributed by atoms with Gasteiger partial charge in [-0.1, -0.05) is 12.1 Å². The summed E-state index contributed by atoms with van der Waals surface area (Å²) in [5, 5.41) is 12.1. The number of carboxylic acids is 1. The number of urea groups is 1. The maximum absolute atomic E-state index is 12.6. The minimum Gasteiger partial charge on any atom is -0.493 e. The molecule has 30 heavy (non-hydrogen) atoms. The van der Waals surface area contributed by atoms with Crippen LogP contribution in [0, 0.1) is 6.92 Å². The second-order valence-corrected chi connectivity index (χ2v) is 7.26. The number of fused-ring (bicyclic) bond motifs is 1. The Balaban J connectivity index is 2.27. The van der Waals surface area contributed by atoms with E-state index in [1.54, 1.807) is 45.2 Å². The normalized spacial score (nSPS) is 15.6. The molecule has 2 N–H and O–H groups in total. The van der Waals surface area contributed by atoms with Crippen molar-refractivity contribution >= 4 is 17.6 Å². The third-order valence-corrected chi connectivity index (χ3v) is 5.37. The van der Waals surface area contributed by atoms with Gasteiger partial charge in [0.25, 0.3) is 0 Å². The first-order valence-corrected chi connectivity index (χ1v) is 9.62. The second-order valence-electron chi connectivity index (χ2n) is 7.26. The van der Waals surface area contributed by atoms with Gasteiger partial charge in [0, 0.05) is 24.9 Å². The van der Waals surface area contributed by atoms with Gasteiger partial charge in [0.05, 0.1) is 19.8 Å². The summed E-state index contributed by atoms with van der Waals surface area (Å²) in [5.74, 6) is 0.233. The number of aryl methyl sites for hydroxylation is 1. The van der Waals surface area contributed by atoms with Crippen LogP contribution in [0.4, 0.5) is 4.79 Å². The molecule has 158 valence electrons. The molecule has 0 saturated carbocycles. The van der Waals surface area contributed by atoms with Crippen molar-refractivity contribution in [1.82, 2.24) is 10.2 Å². The molecule has 1 aliphatic rings. The standard InChI is InChI=1S/C23H26N2O5/c1-13-8-15(6-7-17(13)22(26)27)19-12-25(23(28)24-3)14(2)9-16-10-20(29-4)21(30-5)11-18(16)19/h6-8,10-12,14H,9H2,1-5H3,(H,24,28)(H,26,27). The topological polar surface area (TPSA) is 88.1 Å². The molecule has 0 fully saturated rings. The predicted molar refractivity (Wildman–Crippen MR) is 114 cm³/mol. The number of ether oxygens (including phenoxy) is 2. The largest absolute Gasteiger partial charge is 0.493 e. The Labute approximate surface area is 175 Å². The maximum Gasteiger partial charge on any atom is 0.335 e. The average molecular weight is 410 g/mol. The van der Waals surface area contributed by atoms with Crippen molar-refractivity contribution in [2.24, 2.45) is 0 Å². The van der Waals surface area contributed by atoms with Crippen LogP contribution in [0.3, 0.4) is 0 Å². The van der Waals surface area contributed by atoms with Gasteiger partial charge in [-0.15, -0.1) is 0 Å². The molecule has 1 unspecified atom stereocenters. The molecular formula is C23H26N2O5. The molecule has 3 rings (SSSR count). The lowest BCUT2D eigenvalue weighted by Gasteiger charge is -2.24. The Bertz CT molecular complexity index is 1030. The van der Waals surface area contributed by atoms with Crippen LogP contribution in [0.2, 0.25) is 0 Å². The molecule has 0 radical (unpaired) electrons. The molecule has 1 heterocycles. The van der Waals surface area contributed by atoms with E-state index in [9.17, 15) is 14.7 Å². The zero-order chi connectivity index (χ0) is 22.0. The van der Waals surface area contributed by atoms with Crippen molar-refractivity contribution in [2.45, 2.75) is 26.3 Å². The third kappa shape index (κ3) is 3.83. The van der Waals surface area contributed by atoms with Gasteiger partial charge in [-0.3, -0.25) is 4.90 Å². The van der Waals surface area contributed by atoms with Crippen molar-refractivity contribution in [3.05, 3.63) is 64.3 Å². The molecule has 0 spiro atoms. The van der Waals surface area contributed by atoms with E-state index < -0.39 is 5.97 Å². The summed E-state index contributed by atoms with van der Waals surface area (Å²) in [6, 6.07) is 8.70. The maximum atomic E-state index is 12.6. The quantitative estimate of drug-likeness (QED) is 0.803. The van der Waals surface area contributed by atoms with Crippen molar-refractivity contribution in [3.63, 3.8) is 0 Å². The van der Waals surface area contributed by atoms with Crippen LogP contribution < -0.4 is 14.8 Å². The van der Waals surface area contributed by atoms with Gasteiger partial charge >= 0.3 is 12.0 Å². The molecule has 2 amide bonds. The minimum atomic E-state index is -0.971. The van der Waals surface area contributed by atoms with Gasteiger partial charge in [0.2, 0.25) is 0 Å². The van der Waals surface area contributed by atoms with E-state index in [1.807, 2.05) is 31.3 Å². The summed E-state index contributed by atoms with van der Waals surface area (Å²) in [6.07, 6.45) is 2.44. The SMILES string of the molecule is CNC(=O)N1C=C(c2ccc(C(=O)O)c(C)c2)c2cc(OC)c(OC)cc2CC1C. The Kier molecular flexibility index (Phi) is 6.01. The Hall–Kier alpha value is -3.48. The van der Waals surface area contributed by atoms with Crippen LogP contribution in [0.15, 0.2) is 36.5 Å². The number of carbonyl (C=O) groups is 2. The molecule has 1 aliphatic heterocycles. The second kappa shape index (κ2) is 8.49. The number of hydrogen-bond donors (Lipinski definition) is 2. The number of rotatable bonds is 4. The van der Waals surface area contributed by atoms with Crippen LogP contribution >= 0.6 is 0 Å². The molecule has 0 aliphatic carbocycles. The summed E-state index contributed by atoms with van der Waals surface area (Å²) < 4.78 is 11.0. The van der Waals surface area contributed by atoms with E-state index in [0.29, 0.717) is 23.5 Å². The zero-order valence-corrected chi connectivity index (χ0v) is 17.8. The molecule has 1 atom stereocenters. The van der Waals surface area contributed by atoms with Gasteiger partial charge in [-0.2, -0.15) is 0 Å². The van der Waals surface area contributed by atoms with Crippen molar-refractivity contribution in [3.8, 4) is 11.5 Å². The van der Waals surface area contributed by atoms with Gasteiger partial charge in [0.1, 0.15) is 0 Å². The molecule has 2 aromatic carbocycles. The van der Waals surface area contributed by atoms with E-state index >= 15 is 0 Å². The highest BCUT2D eigenvalue weighted by Crippen LogP contribution is 2.39. The molecule has 7 heteroatoms. The highest BCUT2D eigenvalue weighted by atomic mass is 16.5. The predicted octanol–water partition coefficient (Wildman–Crippen LogP) is 3.69. The smallest absolute Gasteiger partial charge is 0.335 e. The summed E-state index contributed by atoms with van der Waals surface area (Å²) in [4.78, 5) is 25.7. The van der Waals surface area contributed by atoms with E-state index in [1.165, 1.54) is 0 Å². The Morgan fingerprint density at radius 3 is 2.37 bits per heavy atom. The fourth-order valence-electron chi connectivity index (χ4n) is 3.78. The molecular weight excluding hydrogens is 384 g/mol. The van der Waals surface area contributed by atoms with Crippen LogP contribution in [0.5, 0.6) is 11.5 Å². The Morgan fingerprint density at radius 2 is 1.80 bits per heavy atom. The molecule has 7 nitrogen and oxygen atoms in total. The highest BCUT2D eigenvalue weighted by molar-refractivity contribution is 5.92. The number of hydrogen-bond acceptors (Lipinski definition) is 4. The first-order valence-electron chi connectivity index (χ1n) is 9.62. The summed E-state index contributed by atoms with van der Waals surface area (Å²) >= 11 is 0. The lowest BCUT2D eigenvalue weighted by atomic mass is 9.91. The number of methoxy groups -OCH3 is 2. The van der Waals surface area contributed by atoms with Crippen LogP contribution in [0.25, 0.3) is 5.57 Å².